The zero-order valence-electron chi connectivity index (χ0n) is 14.1. The van der Waals surface area contributed by atoms with E-state index in [1.165, 1.54) is 11.3 Å². The van der Waals surface area contributed by atoms with Gasteiger partial charge in [0.05, 0.1) is 13.2 Å². The van der Waals surface area contributed by atoms with Gasteiger partial charge in [-0.15, -0.1) is 0 Å². The van der Waals surface area contributed by atoms with Crippen LogP contribution in [0.2, 0.25) is 0 Å². The second kappa shape index (κ2) is 7.95. The van der Waals surface area contributed by atoms with Gasteiger partial charge in [-0.25, -0.2) is 0 Å². The number of morpholine rings is 1. The molecule has 1 unspecified atom stereocenters. The quantitative estimate of drug-likeness (QED) is 0.813. The van der Waals surface area contributed by atoms with Crippen molar-refractivity contribution in [2.75, 3.05) is 44.4 Å². The van der Waals surface area contributed by atoms with Crippen molar-refractivity contribution in [3.8, 4) is 0 Å². The Morgan fingerprint density at radius 3 is 2.45 bits per heavy atom. The summed E-state index contributed by atoms with van der Waals surface area (Å²) >= 11 is 0. The minimum Gasteiger partial charge on any atom is -0.396 e. The summed E-state index contributed by atoms with van der Waals surface area (Å²) in [5.74, 6) is 0. The first-order valence-corrected chi connectivity index (χ1v) is 8.29. The Balaban J connectivity index is 1.89. The van der Waals surface area contributed by atoms with E-state index in [9.17, 15) is 0 Å². The minimum atomic E-state index is 0.122. The van der Waals surface area contributed by atoms with E-state index < -0.39 is 0 Å². The van der Waals surface area contributed by atoms with Crippen LogP contribution in [0.1, 0.15) is 38.8 Å². The second-order valence-electron chi connectivity index (χ2n) is 6.93. The zero-order chi connectivity index (χ0) is 16.0. The van der Waals surface area contributed by atoms with E-state index in [0.29, 0.717) is 6.04 Å². The van der Waals surface area contributed by atoms with Gasteiger partial charge in [-0.3, -0.25) is 0 Å². The molecular weight excluding hydrogens is 276 g/mol. The number of ether oxygens (including phenoxy) is 1. The molecule has 4 heteroatoms. The number of nitrogens with one attached hydrogen (secondary N) is 1. The molecule has 0 spiro atoms. The molecule has 22 heavy (non-hydrogen) atoms. The Kier molecular flexibility index (Phi) is 6.24. The fourth-order valence-corrected chi connectivity index (χ4v) is 2.73. The van der Waals surface area contributed by atoms with Gasteiger partial charge >= 0.3 is 0 Å². The third-order valence-corrected chi connectivity index (χ3v) is 4.44. The summed E-state index contributed by atoms with van der Waals surface area (Å²) < 4.78 is 5.40. The lowest BCUT2D eigenvalue weighted by atomic mass is 9.89. The van der Waals surface area contributed by atoms with Crippen LogP contribution in [0.15, 0.2) is 24.3 Å². The number of anilines is 1. The molecule has 0 radical (unpaired) electrons. The maximum absolute atomic E-state index is 9.10. The lowest BCUT2D eigenvalue weighted by Crippen LogP contribution is -2.36. The molecule has 1 aliphatic rings. The number of nitrogens with zero attached hydrogens (tertiary/aromatic N) is 1. The Morgan fingerprint density at radius 2 is 1.86 bits per heavy atom. The van der Waals surface area contributed by atoms with Crippen LogP contribution in [-0.2, 0) is 4.74 Å². The van der Waals surface area contributed by atoms with E-state index in [2.05, 4.69) is 55.3 Å². The maximum atomic E-state index is 9.10. The zero-order valence-corrected chi connectivity index (χ0v) is 14.1. The van der Waals surface area contributed by atoms with E-state index in [1.54, 1.807) is 0 Å². The maximum Gasteiger partial charge on any atom is 0.0642 e. The van der Waals surface area contributed by atoms with Gasteiger partial charge in [0, 0.05) is 38.0 Å². The molecule has 1 aliphatic heterocycles. The van der Waals surface area contributed by atoms with Crippen LogP contribution in [0.3, 0.4) is 0 Å². The number of aliphatic hydroxyl groups excluding tert-OH is 1. The van der Waals surface area contributed by atoms with Gasteiger partial charge in [0.2, 0.25) is 0 Å². The molecule has 1 saturated heterocycles. The van der Waals surface area contributed by atoms with E-state index in [-0.39, 0.29) is 12.0 Å². The van der Waals surface area contributed by atoms with Crippen LogP contribution in [0.4, 0.5) is 5.69 Å². The molecule has 1 fully saturated rings. The van der Waals surface area contributed by atoms with E-state index in [1.807, 2.05) is 0 Å². The highest BCUT2D eigenvalue weighted by atomic mass is 16.5. The molecule has 1 heterocycles. The molecule has 2 rings (SSSR count). The highest BCUT2D eigenvalue weighted by Crippen LogP contribution is 2.23. The van der Waals surface area contributed by atoms with Gasteiger partial charge in [-0.1, -0.05) is 26.0 Å². The van der Waals surface area contributed by atoms with E-state index >= 15 is 0 Å². The first-order chi connectivity index (χ1) is 10.5. The van der Waals surface area contributed by atoms with Gasteiger partial charge in [0.25, 0.3) is 0 Å². The van der Waals surface area contributed by atoms with Gasteiger partial charge in [-0.2, -0.15) is 0 Å². The number of aliphatic hydroxyl groups is 1. The van der Waals surface area contributed by atoms with E-state index in [4.69, 9.17) is 9.84 Å². The molecule has 2 N–H and O–H groups in total. The number of hydrogen-bond donors (Lipinski definition) is 2. The highest BCUT2D eigenvalue weighted by Gasteiger charge is 2.18. The van der Waals surface area contributed by atoms with Crippen LogP contribution in [-0.4, -0.2) is 44.6 Å². The summed E-state index contributed by atoms with van der Waals surface area (Å²) in [6, 6.07) is 9.15. The molecule has 0 saturated carbocycles. The smallest absolute Gasteiger partial charge is 0.0642 e. The topological polar surface area (TPSA) is 44.7 Å². The summed E-state index contributed by atoms with van der Waals surface area (Å²) in [5, 5.41) is 12.7. The summed E-state index contributed by atoms with van der Waals surface area (Å²) in [5.41, 5.74) is 2.70. The summed E-state index contributed by atoms with van der Waals surface area (Å²) in [7, 11) is 0. The Bertz CT molecular complexity index is 439. The lowest BCUT2D eigenvalue weighted by Gasteiger charge is -2.29. The lowest BCUT2D eigenvalue weighted by molar-refractivity contribution is 0.122. The molecule has 0 aliphatic carbocycles. The average Bonchev–Trinajstić information content (AvgIpc) is 2.54. The molecule has 0 aromatic heterocycles. The monoisotopic (exact) mass is 306 g/mol. The second-order valence-corrected chi connectivity index (χ2v) is 6.93. The minimum absolute atomic E-state index is 0.122. The van der Waals surface area contributed by atoms with Crippen LogP contribution in [0.5, 0.6) is 0 Å². The molecule has 0 bridgehead atoms. The SMILES string of the molecule is CC(NCC(C)(C)CCO)c1ccc(N2CCOCC2)cc1. The number of hydrogen-bond acceptors (Lipinski definition) is 4. The molecule has 1 atom stereocenters. The van der Waals surface area contributed by atoms with Crippen LogP contribution < -0.4 is 10.2 Å². The summed E-state index contributed by atoms with van der Waals surface area (Å²) in [6.45, 7) is 11.3. The van der Waals surface area contributed by atoms with Gasteiger partial charge in [0.15, 0.2) is 0 Å². The van der Waals surface area contributed by atoms with Gasteiger partial charge in [0.1, 0.15) is 0 Å². The normalized spacial score (nSPS) is 17.5. The third-order valence-electron chi connectivity index (χ3n) is 4.44. The van der Waals surface area contributed by atoms with Crippen molar-refractivity contribution in [3.63, 3.8) is 0 Å². The van der Waals surface area contributed by atoms with E-state index in [0.717, 1.165) is 39.3 Å². The molecule has 1 aromatic rings. The third kappa shape index (κ3) is 4.97. The molecule has 0 amide bonds. The predicted molar refractivity (Wildman–Crippen MR) is 91.4 cm³/mol. The molecule has 4 nitrogen and oxygen atoms in total. The van der Waals surface area contributed by atoms with Crippen molar-refractivity contribution < 1.29 is 9.84 Å². The number of benzene rings is 1. The Morgan fingerprint density at radius 1 is 1.23 bits per heavy atom. The predicted octanol–water partition coefficient (Wildman–Crippen LogP) is 2.58. The van der Waals surface area contributed by atoms with Crippen molar-refractivity contribution in [1.82, 2.24) is 5.32 Å². The van der Waals surface area contributed by atoms with Crippen molar-refractivity contribution >= 4 is 5.69 Å². The first kappa shape index (κ1) is 17.3. The molecule has 124 valence electrons. The van der Waals surface area contributed by atoms with Crippen LogP contribution >= 0.6 is 0 Å². The van der Waals surface area contributed by atoms with Crippen molar-refractivity contribution in [3.05, 3.63) is 29.8 Å². The Labute approximate surface area is 134 Å². The van der Waals surface area contributed by atoms with Gasteiger partial charge in [-0.05, 0) is 36.5 Å². The molecular formula is C18H30N2O2. The van der Waals surface area contributed by atoms with Crippen LogP contribution in [0.25, 0.3) is 0 Å². The largest absolute Gasteiger partial charge is 0.396 e. The fraction of sp³-hybridized carbons (Fsp3) is 0.667. The van der Waals surface area contributed by atoms with Gasteiger partial charge < -0.3 is 20.1 Å². The van der Waals surface area contributed by atoms with Crippen molar-refractivity contribution in [1.29, 1.82) is 0 Å². The number of rotatable bonds is 7. The summed E-state index contributed by atoms with van der Waals surface area (Å²) in [4.78, 5) is 2.37. The van der Waals surface area contributed by atoms with Crippen LogP contribution in [0, 0.1) is 5.41 Å². The standard InChI is InChI=1S/C18H30N2O2/c1-15(19-14-18(2,3)8-11-21)16-4-6-17(7-5-16)20-9-12-22-13-10-20/h4-7,15,19,21H,8-14H2,1-3H3. The fourth-order valence-electron chi connectivity index (χ4n) is 2.73. The summed E-state index contributed by atoms with van der Waals surface area (Å²) in [6.07, 6.45) is 0.822. The average molecular weight is 306 g/mol. The van der Waals surface area contributed by atoms with Crippen molar-refractivity contribution in [2.24, 2.45) is 5.41 Å². The molecule has 1 aromatic carbocycles. The highest BCUT2D eigenvalue weighted by molar-refractivity contribution is 5.48. The van der Waals surface area contributed by atoms with Crippen molar-refractivity contribution in [2.45, 2.75) is 33.2 Å². The first-order valence-electron chi connectivity index (χ1n) is 8.29. The Hall–Kier alpha value is -1.10.